The van der Waals surface area contributed by atoms with Gasteiger partial charge in [0.2, 0.25) is 5.88 Å². The van der Waals surface area contributed by atoms with Gasteiger partial charge in [0.15, 0.2) is 0 Å². The fourth-order valence-corrected chi connectivity index (χ4v) is 3.66. The van der Waals surface area contributed by atoms with Crippen molar-refractivity contribution in [1.82, 2.24) is 29.7 Å². The van der Waals surface area contributed by atoms with Crippen molar-refractivity contribution >= 4 is 11.4 Å². The number of ether oxygens (including phenoxy) is 1. The van der Waals surface area contributed by atoms with Crippen molar-refractivity contribution in [2.24, 2.45) is 0 Å². The zero-order valence-electron chi connectivity index (χ0n) is 17.0. The SMILES string of the molecule is CC#CC(=O)NC1CC(C)(Oc2nc(-c3cnn(C(F)(F)F)c3)cn3ncc(C)c23)C1. The molecule has 31 heavy (non-hydrogen) atoms. The summed E-state index contributed by atoms with van der Waals surface area (Å²) in [6, 6.07) is -0.0754. The van der Waals surface area contributed by atoms with Crippen LogP contribution in [0.1, 0.15) is 32.3 Å². The number of nitrogens with one attached hydrogen (secondary N) is 1. The van der Waals surface area contributed by atoms with E-state index in [4.69, 9.17) is 4.74 Å². The van der Waals surface area contributed by atoms with Crippen LogP contribution in [0.4, 0.5) is 13.2 Å². The Labute approximate surface area is 175 Å². The lowest BCUT2D eigenvalue weighted by atomic mass is 9.77. The molecule has 0 aromatic carbocycles. The van der Waals surface area contributed by atoms with E-state index in [9.17, 15) is 18.0 Å². The van der Waals surface area contributed by atoms with E-state index < -0.39 is 11.9 Å². The molecular weight excluding hydrogens is 413 g/mol. The standard InChI is InChI=1S/C20H19F3N6O2/c1-4-5-16(30)26-14-6-19(3,7-14)31-18-17-12(2)8-24-28(17)11-15(27-18)13-9-25-29(10-13)20(21,22)23/h8-11,14H,6-7H2,1-3H3,(H,26,30). The van der Waals surface area contributed by atoms with Crippen molar-refractivity contribution in [3.05, 3.63) is 30.4 Å². The highest BCUT2D eigenvalue weighted by Gasteiger charge is 2.44. The topological polar surface area (TPSA) is 86.3 Å². The predicted octanol–water partition coefficient (Wildman–Crippen LogP) is 2.82. The molecule has 8 nitrogen and oxygen atoms in total. The molecule has 4 rings (SSSR count). The molecule has 0 saturated heterocycles. The first-order valence-electron chi connectivity index (χ1n) is 9.47. The van der Waals surface area contributed by atoms with Gasteiger partial charge in [-0.15, -0.1) is 13.2 Å². The third-order valence-electron chi connectivity index (χ3n) is 5.06. The number of aryl methyl sites for hydroxylation is 1. The lowest BCUT2D eigenvalue weighted by Gasteiger charge is -2.44. The van der Waals surface area contributed by atoms with Crippen molar-refractivity contribution in [1.29, 1.82) is 0 Å². The highest BCUT2D eigenvalue weighted by atomic mass is 19.4. The summed E-state index contributed by atoms with van der Waals surface area (Å²) in [4.78, 5) is 16.1. The number of nitrogens with zero attached hydrogens (tertiary/aromatic N) is 5. The molecule has 3 aromatic heterocycles. The van der Waals surface area contributed by atoms with Crippen LogP contribution in [0, 0.1) is 18.8 Å². The van der Waals surface area contributed by atoms with E-state index in [1.165, 1.54) is 10.7 Å². The van der Waals surface area contributed by atoms with Gasteiger partial charge >= 0.3 is 6.30 Å². The number of hydrogen-bond donors (Lipinski definition) is 1. The van der Waals surface area contributed by atoms with Crippen molar-refractivity contribution in [3.63, 3.8) is 0 Å². The van der Waals surface area contributed by atoms with Gasteiger partial charge in [0.1, 0.15) is 11.1 Å². The van der Waals surface area contributed by atoms with E-state index in [0.29, 0.717) is 18.4 Å². The van der Waals surface area contributed by atoms with Crippen LogP contribution >= 0.6 is 0 Å². The average Bonchev–Trinajstić information content (AvgIpc) is 3.28. The second-order valence-corrected chi connectivity index (χ2v) is 7.70. The molecule has 0 atom stereocenters. The fourth-order valence-electron chi connectivity index (χ4n) is 3.66. The molecule has 0 radical (unpaired) electrons. The number of carbonyl (C=O) groups excluding carboxylic acids is 1. The number of hydrogen-bond acceptors (Lipinski definition) is 5. The first-order chi connectivity index (χ1) is 14.6. The Morgan fingerprint density at radius 1 is 1.29 bits per heavy atom. The van der Waals surface area contributed by atoms with Gasteiger partial charge in [0, 0.05) is 36.2 Å². The van der Waals surface area contributed by atoms with Gasteiger partial charge in [0.25, 0.3) is 5.91 Å². The summed E-state index contributed by atoms with van der Waals surface area (Å²) in [5.74, 6) is 4.90. The molecule has 162 valence electrons. The number of rotatable bonds is 4. The summed E-state index contributed by atoms with van der Waals surface area (Å²) < 4.78 is 46.3. The first-order valence-corrected chi connectivity index (χ1v) is 9.47. The highest BCUT2D eigenvalue weighted by Crippen LogP contribution is 2.38. The Morgan fingerprint density at radius 2 is 2.03 bits per heavy atom. The summed E-state index contributed by atoms with van der Waals surface area (Å²) in [7, 11) is 0. The van der Waals surface area contributed by atoms with Gasteiger partial charge in [-0.05, 0) is 26.7 Å². The molecule has 0 unspecified atom stereocenters. The molecule has 1 aliphatic rings. The fraction of sp³-hybridized carbons (Fsp3) is 0.400. The molecule has 0 aliphatic heterocycles. The molecule has 1 N–H and O–H groups in total. The van der Waals surface area contributed by atoms with E-state index in [1.54, 1.807) is 13.1 Å². The van der Waals surface area contributed by atoms with E-state index in [1.807, 2.05) is 13.8 Å². The Hall–Kier alpha value is -3.55. The number of aromatic nitrogens is 5. The summed E-state index contributed by atoms with van der Waals surface area (Å²) >= 11 is 0. The molecule has 1 aliphatic carbocycles. The van der Waals surface area contributed by atoms with Gasteiger partial charge in [0.05, 0.1) is 24.3 Å². The van der Waals surface area contributed by atoms with E-state index in [0.717, 1.165) is 18.0 Å². The van der Waals surface area contributed by atoms with E-state index in [2.05, 4.69) is 32.3 Å². The van der Waals surface area contributed by atoms with Crippen LogP contribution in [0.5, 0.6) is 5.88 Å². The summed E-state index contributed by atoms with van der Waals surface area (Å²) in [6.45, 7) is 5.32. The third-order valence-corrected chi connectivity index (χ3v) is 5.06. The number of alkyl halides is 3. The van der Waals surface area contributed by atoms with Crippen LogP contribution in [-0.4, -0.2) is 41.9 Å². The minimum Gasteiger partial charge on any atom is -0.470 e. The van der Waals surface area contributed by atoms with E-state index >= 15 is 0 Å². The second-order valence-electron chi connectivity index (χ2n) is 7.70. The number of carbonyl (C=O) groups is 1. The average molecular weight is 432 g/mol. The number of fused-ring (bicyclic) bond motifs is 1. The zero-order chi connectivity index (χ0) is 22.4. The van der Waals surface area contributed by atoms with Crippen molar-refractivity contribution in [2.45, 2.75) is 51.6 Å². The van der Waals surface area contributed by atoms with Crippen LogP contribution < -0.4 is 10.1 Å². The first kappa shape index (κ1) is 20.7. The van der Waals surface area contributed by atoms with Gasteiger partial charge in [-0.3, -0.25) is 4.79 Å². The van der Waals surface area contributed by atoms with Gasteiger partial charge < -0.3 is 10.1 Å². The Bertz CT molecular complexity index is 1210. The monoisotopic (exact) mass is 432 g/mol. The lowest BCUT2D eigenvalue weighted by Crippen LogP contribution is -2.56. The quantitative estimate of drug-likeness (QED) is 0.641. The second kappa shape index (κ2) is 7.30. The van der Waals surface area contributed by atoms with Crippen LogP contribution in [-0.2, 0) is 11.1 Å². The Morgan fingerprint density at radius 3 is 2.68 bits per heavy atom. The molecular formula is C20H19F3N6O2. The minimum absolute atomic E-state index is 0.0754. The largest absolute Gasteiger partial charge is 0.504 e. The molecule has 1 saturated carbocycles. The van der Waals surface area contributed by atoms with Gasteiger partial charge in [-0.25, -0.2) is 9.50 Å². The normalized spacial score (nSPS) is 20.6. The summed E-state index contributed by atoms with van der Waals surface area (Å²) in [6.07, 6.45) is 1.57. The minimum atomic E-state index is -4.62. The number of amides is 1. The maximum atomic E-state index is 12.9. The van der Waals surface area contributed by atoms with Crippen LogP contribution in [0.3, 0.4) is 0 Å². The molecule has 11 heteroatoms. The molecule has 3 heterocycles. The molecule has 0 bridgehead atoms. The zero-order valence-corrected chi connectivity index (χ0v) is 17.0. The third kappa shape index (κ3) is 4.05. The van der Waals surface area contributed by atoms with Crippen LogP contribution in [0.2, 0.25) is 0 Å². The Kier molecular flexibility index (Phi) is 4.88. The summed E-state index contributed by atoms with van der Waals surface area (Å²) in [5.41, 5.74) is 1.26. The molecule has 1 fully saturated rings. The summed E-state index contributed by atoms with van der Waals surface area (Å²) in [5, 5.41) is 10.4. The van der Waals surface area contributed by atoms with Crippen LogP contribution in [0.25, 0.3) is 16.8 Å². The predicted molar refractivity (Wildman–Crippen MR) is 104 cm³/mol. The maximum Gasteiger partial charge on any atom is 0.504 e. The van der Waals surface area contributed by atoms with Gasteiger partial charge in [-0.2, -0.15) is 14.9 Å². The van der Waals surface area contributed by atoms with E-state index in [-0.39, 0.29) is 33.8 Å². The lowest BCUT2D eigenvalue weighted by molar-refractivity contribution is -0.212. The number of halogens is 3. The Balaban J connectivity index is 1.62. The molecule has 1 amide bonds. The van der Waals surface area contributed by atoms with Crippen molar-refractivity contribution in [3.8, 4) is 29.0 Å². The maximum absolute atomic E-state index is 12.9. The molecule has 0 spiro atoms. The van der Waals surface area contributed by atoms with Gasteiger partial charge in [-0.1, -0.05) is 5.92 Å². The van der Waals surface area contributed by atoms with Crippen molar-refractivity contribution < 1.29 is 22.7 Å². The smallest absolute Gasteiger partial charge is 0.470 e. The van der Waals surface area contributed by atoms with Crippen molar-refractivity contribution in [2.75, 3.05) is 0 Å². The highest BCUT2D eigenvalue weighted by molar-refractivity contribution is 5.93. The van der Waals surface area contributed by atoms with Crippen LogP contribution in [0.15, 0.2) is 24.8 Å². The molecule has 3 aromatic rings.